The van der Waals surface area contributed by atoms with Gasteiger partial charge >= 0.3 is 5.97 Å². The maximum atomic E-state index is 13.6. The molecule has 3 aromatic heterocycles. The number of rotatable bonds is 5. The van der Waals surface area contributed by atoms with Crippen LogP contribution in [0.1, 0.15) is 59.2 Å². The van der Waals surface area contributed by atoms with Gasteiger partial charge in [0.25, 0.3) is 5.91 Å². The number of fused-ring (bicyclic) bond motifs is 2. The second kappa shape index (κ2) is 10.5. The molecule has 6 nitrogen and oxygen atoms in total. The lowest BCUT2D eigenvalue weighted by atomic mass is 9.69. The molecule has 38 heavy (non-hydrogen) atoms. The second-order valence-corrected chi connectivity index (χ2v) is 12.3. The summed E-state index contributed by atoms with van der Waals surface area (Å²) < 4.78 is 5.57. The van der Waals surface area contributed by atoms with E-state index in [2.05, 4.69) is 43.6 Å². The molecule has 1 atom stereocenters. The molecule has 0 spiro atoms. The number of amides is 1. The Morgan fingerprint density at radius 1 is 1.13 bits per heavy atom. The summed E-state index contributed by atoms with van der Waals surface area (Å²) in [6.45, 7) is 6.22. The predicted molar refractivity (Wildman–Crippen MR) is 153 cm³/mol. The molecule has 0 saturated carbocycles. The summed E-state index contributed by atoms with van der Waals surface area (Å²) >= 11 is 2.92. The Morgan fingerprint density at radius 2 is 1.95 bits per heavy atom. The molecule has 0 bridgehead atoms. The van der Waals surface area contributed by atoms with Crippen molar-refractivity contribution in [2.45, 2.75) is 33.6 Å². The van der Waals surface area contributed by atoms with Crippen LogP contribution in [0.15, 0.2) is 53.2 Å². The minimum Gasteiger partial charge on any atom is -0.452 e. The maximum absolute atomic E-state index is 13.6. The summed E-state index contributed by atoms with van der Waals surface area (Å²) in [5.41, 5.74) is 4.37. The first-order chi connectivity index (χ1) is 18.2. The molecule has 1 unspecified atom stereocenters. The number of ether oxygens (including phenoxy) is 1. The van der Waals surface area contributed by atoms with Crippen molar-refractivity contribution in [1.29, 1.82) is 5.26 Å². The number of hydrogen-bond acceptors (Lipinski definition) is 7. The van der Waals surface area contributed by atoms with Crippen LogP contribution in [0.3, 0.4) is 0 Å². The SMILES string of the molecule is CC(C)(C)C1C/C(=C/c2cccs2)c2nc3ccccc3c(C(=O)OCC(=O)Nc3sccc3C#N)c2C1. The molecule has 1 aromatic carbocycles. The van der Waals surface area contributed by atoms with Crippen molar-refractivity contribution in [3.05, 3.63) is 80.5 Å². The number of thiophene rings is 2. The highest BCUT2D eigenvalue weighted by atomic mass is 32.1. The lowest BCUT2D eigenvalue weighted by Crippen LogP contribution is -2.29. The highest BCUT2D eigenvalue weighted by Crippen LogP contribution is 2.45. The van der Waals surface area contributed by atoms with Crippen LogP contribution in [-0.2, 0) is 16.0 Å². The summed E-state index contributed by atoms with van der Waals surface area (Å²) in [6.07, 6.45) is 3.73. The van der Waals surface area contributed by atoms with Crippen molar-refractivity contribution in [2.24, 2.45) is 11.3 Å². The van der Waals surface area contributed by atoms with E-state index >= 15 is 0 Å². The molecule has 192 valence electrons. The zero-order valence-electron chi connectivity index (χ0n) is 21.4. The van der Waals surface area contributed by atoms with Crippen LogP contribution in [-0.4, -0.2) is 23.5 Å². The number of allylic oxidation sites excluding steroid dienone is 1. The predicted octanol–water partition coefficient (Wildman–Crippen LogP) is 7.17. The van der Waals surface area contributed by atoms with E-state index in [1.807, 2.05) is 36.4 Å². The fourth-order valence-corrected chi connectivity index (χ4v) is 6.21. The smallest absolute Gasteiger partial charge is 0.339 e. The number of pyridine rings is 1. The van der Waals surface area contributed by atoms with Crippen LogP contribution in [0.5, 0.6) is 0 Å². The number of anilines is 1. The Morgan fingerprint density at radius 3 is 2.68 bits per heavy atom. The Hall–Kier alpha value is -3.80. The molecule has 3 heterocycles. The Balaban J connectivity index is 1.53. The minimum atomic E-state index is -0.549. The van der Waals surface area contributed by atoms with E-state index in [1.165, 1.54) is 11.3 Å². The van der Waals surface area contributed by atoms with Gasteiger partial charge in [-0.25, -0.2) is 9.78 Å². The lowest BCUT2D eigenvalue weighted by Gasteiger charge is -2.36. The van der Waals surface area contributed by atoms with Crippen molar-refractivity contribution in [3.8, 4) is 6.07 Å². The van der Waals surface area contributed by atoms with Gasteiger partial charge in [-0.3, -0.25) is 4.79 Å². The third-order valence-corrected chi connectivity index (χ3v) is 8.52. The van der Waals surface area contributed by atoms with Gasteiger partial charge < -0.3 is 10.1 Å². The molecule has 4 aromatic rings. The standard InChI is InChI=1S/C30H27N3O3S2/c1-30(2,3)20-13-19(14-21-7-6-11-37-21)27-23(15-20)26(22-8-4-5-9-24(22)32-27)29(35)36-17-25(34)33-28-18(16-31)10-12-38-28/h4-12,14,20H,13,15,17H2,1-3H3,(H,33,34)/b19-14-. The van der Waals surface area contributed by atoms with Gasteiger partial charge in [0.15, 0.2) is 6.61 Å². The first kappa shape index (κ1) is 25.8. The van der Waals surface area contributed by atoms with Crippen LogP contribution in [0, 0.1) is 22.7 Å². The van der Waals surface area contributed by atoms with Gasteiger partial charge in [0, 0.05) is 10.3 Å². The average molecular weight is 542 g/mol. The second-order valence-electron chi connectivity index (χ2n) is 10.4. The van der Waals surface area contributed by atoms with E-state index in [4.69, 9.17) is 9.72 Å². The molecule has 1 amide bonds. The number of para-hydroxylation sites is 1. The minimum absolute atomic E-state index is 0.0120. The number of esters is 1. The molecule has 1 aliphatic carbocycles. The molecular formula is C30H27N3O3S2. The largest absolute Gasteiger partial charge is 0.452 e. The molecule has 5 rings (SSSR count). The molecule has 0 saturated heterocycles. The van der Waals surface area contributed by atoms with Gasteiger partial charge in [0.2, 0.25) is 0 Å². The van der Waals surface area contributed by atoms with Gasteiger partial charge in [0.1, 0.15) is 11.1 Å². The van der Waals surface area contributed by atoms with Crippen LogP contribution in [0.4, 0.5) is 5.00 Å². The molecule has 1 aliphatic rings. The molecular weight excluding hydrogens is 514 g/mol. The first-order valence-electron chi connectivity index (χ1n) is 12.3. The number of aromatic nitrogens is 1. The Kier molecular flexibility index (Phi) is 7.15. The third kappa shape index (κ3) is 5.26. The molecule has 0 aliphatic heterocycles. The molecule has 8 heteroatoms. The number of carbonyl (C=O) groups is 2. The summed E-state index contributed by atoms with van der Waals surface area (Å²) in [6, 6.07) is 15.3. The summed E-state index contributed by atoms with van der Waals surface area (Å²) in [7, 11) is 0. The van der Waals surface area contributed by atoms with Crippen molar-refractivity contribution < 1.29 is 14.3 Å². The number of nitrogens with zero attached hydrogens (tertiary/aromatic N) is 2. The summed E-state index contributed by atoms with van der Waals surface area (Å²) in [5, 5.41) is 16.8. The topological polar surface area (TPSA) is 92.1 Å². The number of carbonyl (C=O) groups excluding carboxylic acids is 2. The van der Waals surface area contributed by atoms with Gasteiger partial charge in [-0.15, -0.1) is 22.7 Å². The van der Waals surface area contributed by atoms with Crippen LogP contribution < -0.4 is 5.32 Å². The zero-order chi connectivity index (χ0) is 26.9. The quantitative estimate of drug-likeness (QED) is 0.270. The number of nitriles is 1. The van der Waals surface area contributed by atoms with Crippen LogP contribution >= 0.6 is 22.7 Å². The average Bonchev–Trinajstić information content (AvgIpc) is 3.57. The van der Waals surface area contributed by atoms with Crippen molar-refractivity contribution >= 4 is 62.1 Å². The van der Waals surface area contributed by atoms with Crippen molar-refractivity contribution in [1.82, 2.24) is 4.98 Å². The highest BCUT2D eigenvalue weighted by Gasteiger charge is 2.35. The summed E-state index contributed by atoms with van der Waals surface area (Å²) in [5.74, 6) is -0.746. The van der Waals surface area contributed by atoms with Gasteiger partial charge in [-0.05, 0) is 70.3 Å². The van der Waals surface area contributed by atoms with Gasteiger partial charge in [-0.1, -0.05) is 45.0 Å². The van der Waals surface area contributed by atoms with Crippen LogP contribution in [0.25, 0.3) is 22.6 Å². The fourth-order valence-electron chi connectivity index (χ4n) is 4.77. The van der Waals surface area contributed by atoms with Crippen molar-refractivity contribution in [2.75, 3.05) is 11.9 Å². The van der Waals surface area contributed by atoms with Gasteiger partial charge in [0.05, 0.1) is 22.3 Å². The molecule has 1 N–H and O–H groups in total. The molecule has 0 radical (unpaired) electrons. The van der Waals surface area contributed by atoms with Crippen LogP contribution in [0.2, 0.25) is 0 Å². The number of benzene rings is 1. The Labute approximate surface area is 229 Å². The van der Waals surface area contributed by atoms with Gasteiger partial charge in [-0.2, -0.15) is 5.26 Å². The lowest BCUT2D eigenvalue weighted by molar-refractivity contribution is -0.119. The van der Waals surface area contributed by atoms with E-state index in [1.54, 1.807) is 22.8 Å². The molecule has 0 fully saturated rings. The fraction of sp³-hybridized carbons (Fsp3) is 0.267. The highest BCUT2D eigenvalue weighted by molar-refractivity contribution is 7.14. The zero-order valence-corrected chi connectivity index (χ0v) is 23.0. The van der Waals surface area contributed by atoms with E-state index in [0.717, 1.165) is 28.1 Å². The first-order valence-corrected chi connectivity index (χ1v) is 14.1. The van der Waals surface area contributed by atoms with E-state index in [0.29, 0.717) is 39.4 Å². The monoisotopic (exact) mass is 541 g/mol. The third-order valence-electron chi connectivity index (χ3n) is 6.88. The van der Waals surface area contributed by atoms with E-state index in [9.17, 15) is 14.9 Å². The summed E-state index contributed by atoms with van der Waals surface area (Å²) in [4.78, 5) is 32.4. The van der Waals surface area contributed by atoms with Crippen molar-refractivity contribution in [3.63, 3.8) is 0 Å². The normalized spacial score (nSPS) is 16.2. The Bertz CT molecular complexity index is 1590. The maximum Gasteiger partial charge on any atom is 0.339 e. The number of nitrogens with one attached hydrogen (secondary N) is 1. The van der Waals surface area contributed by atoms with E-state index in [-0.39, 0.29) is 5.41 Å². The van der Waals surface area contributed by atoms with E-state index < -0.39 is 18.5 Å². The number of hydrogen-bond donors (Lipinski definition) is 1.